The lowest BCUT2D eigenvalue weighted by Crippen LogP contribution is -2.46. The number of hydrogen-bond donors (Lipinski definition) is 2. The van der Waals surface area contributed by atoms with Gasteiger partial charge in [-0.25, -0.2) is 4.79 Å². The van der Waals surface area contributed by atoms with Crippen LogP contribution in [0.4, 0.5) is 10.5 Å². The van der Waals surface area contributed by atoms with E-state index in [-0.39, 0.29) is 24.0 Å². The molecule has 8 nitrogen and oxygen atoms in total. The number of halogens is 1. The Morgan fingerprint density at radius 3 is 2.80 bits per heavy atom. The van der Waals surface area contributed by atoms with Crippen molar-refractivity contribution in [3.8, 4) is 0 Å². The van der Waals surface area contributed by atoms with E-state index in [1.54, 1.807) is 24.3 Å². The molecule has 10 heteroatoms. The van der Waals surface area contributed by atoms with Gasteiger partial charge in [0, 0.05) is 42.9 Å². The number of urea groups is 1. The largest absolute Gasteiger partial charge is 0.376 e. The summed E-state index contributed by atoms with van der Waals surface area (Å²) in [6.45, 7) is 2.62. The fourth-order valence-electron chi connectivity index (χ4n) is 3.69. The van der Waals surface area contributed by atoms with Crippen LogP contribution in [0.2, 0.25) is 5.02 Å². The number of likely N-dealkylation sites (tertiary alicyclic amines) is 1. The van der Waals surface area contributed by atoms with Crippen LogP contribution in [0.15, 0.2) is 24.3 Å². The first kappa shape index (κ1) is 21.0. The van der Waals surface area contributed by atoms with Crippen LogP contribution in [0.1, 0.15) is 46.4 Å². The molecule has 0 spiro atoms. The minimum absolute atomic E-state index is 0.0691. The van der Waals surface area contributed by atoms with Gasteiger partial charge in [-0.3, -0.25) is 4.79 Å². The van der Waals surface area contributed by atoms with Crippen molar-refractivity contribution in [2.24, 2.45) is 0 Å². The van der Waals surface area contributed by atoms with Gasteiger partial charge in [-0.2, -0.15) is 0 Å². The SMILES string of the molecule is O=C(Nc1ccc(Cl)cc1)c1nnc(C2CCCN(C(=O)NCC3CCCO3)C2)s1. The van der Waals surface area contributed by atoms with Gasteiger partial charge in [0.15, 0.2) is 0 Å². The minimum atomic E-state index is -0.303. The second-order valence-electron chi connectivity index (χ2n) is 7.51. The molecule has 0 radical (unpaired) electrons. The quantitative estimate of drug-likeness (QED) is 0.728. The summed E-state index contributed by atoms with van der Waals surface area (Å²) in [7, 11) is 0. The highest BCUT2D eigenvalue weighted by Gasteiger charge is 2.28. The van der Waals surface area contributed by atoms with Crippen molar-refractivity contribution in [3.63, 3.8) is 0 Å². The topological polar surface area (TPSA) is 96.5 Å². The zero-order chi connectivity index (χ0) is 20.9. The average Bonchev–Trinajstić information content (AvgIpc) is 3.46. The standard InChI is InChI=1S/C20H24ClN5O3S/c21-14-5-7-15(8-6-14)23-17(27)19-25-24-18(30-19)13-3-1-9-26(12-13)20(28)22-11-16-4-2-10-29-16/h5-8,13,16H,1-4,9-12H2,(H,22,28)(H,23,27). The van der Waals surface area contributed by atoms with Gasteiger partial charge in [0.1, 0.15) is 5.01 Å². The third-order valence-electron chi connectivity index (χ3n) is 5.30. The van der Waals surface area contributed by atoms with E-state index in [2.05, 4.69) is 20.8 Å². The van der Waals surface area contributed by atoms with Gasteiger partial charge >= 0.3 is 6.03 Å². The van der Waals surface area contributed by atoms with Gasteiger partial charge in [-0.15, -0.1) is 10.2 Å². The van der Waals surface area contributed by atoms with Crippen LogP contribution in [0, 0.1) is 0 Å². The van der Waals surface area contributed by atoms with Crippen molar-refractivity contribution in [2.75, 3.05) is 31.6 Å². The van der Waals surface area contributed by atoms with Crippen molar-refractivity contribution in [3.05, 3.63) is 39.3 Å². The van der Waals surface area contributed by atoms with E-state index in [4.69, 9.17) is 16.3 Å². The molecular formula is C20H24ClN5O3S. The van der Waals surface area contributed by atoms with E-state index >= 15 is 0 Å². The Kier molecular flexibility index (Phi) is 6.81. The Morgan fingerprint density at radius 1 is 1.20 bits per heavy atom. The van der Waals surface area contributed by atoms with Gasteiger partial charge in [-0.1, -0.05) is 22.9 Å². The smallest absolute Gasteiger partial charge is 0.317 e. The number of anilines is 1. The predicted molar refractivity (Wildman–Crippen MR) is 115 cm³/mol. The Labute approximate surface area is 184 Å². The summed E-state index contributed by atoms with van der Waals surface area (Å²) < 4.78 is 5.56. The molecule has 2 unspecified atom stereocenters. The molecule has 2 aliphatic rings. The highest BCUT2D eigenvalue weighted by molar-refractivity contribution is 7.13. The fourth-order valence-corrected chi connectivity index (χ4v) is 4.68. The summed E-state index contributed by atoms with van der Waals surface area (Å²) in [5, 5.41) is 15.8. The van der Waals surface area contributed by atoms with E-state index in [9.17, 15) is 9.59 Å². The third-order valence-corrected chi connectivity index (χ3v) is 6.64. The molecule has 0 aliphatic carbocycles. The van der Waals surface area contributed by atoms with Crippen LogP contribution in [0.25, 0.3) is 0 Å². The number of benzene rings is 1. The second-order valence-corrected chi connectivity index (χ2v) is 8.96. The summed E-state index contributed by atoms with van der Waals surface area (Å²) in [6.07, 6.45) is 3.98. The number of aromatic nitrogens is 2. The highest BCUT2D eigenvalue weighted by Crippen LogP contribution is 2.29. The molecular weight excluding hydrogens is 426 g/mol. The molecule has 2 atom stereocenters. The number of rotatable bonds is 5. The van der Waals surface area contributed by atoms with E-state index < -0.39 is 0 Å². The Balaban J connectivity index is 1.32. The van der Waals surface area contributed by atoms with Crippen LogP contribution >= 0.6 is 22.9 Å². The van der Waals surface area contributed by atoms with Crippen molar-refractivity contribution in [1.82, 2.24) is 20.4 Å². The Bertz CT molecular complexity index is 885. The van der Waals surface area contributed by atoms with Crippen LogP contribution in [0.5, 0.6) is 0 Å². The van der Waals surface area contributed by atoms with Gasteiger partial charge in [0.05, 0.1) is 6.10 Å². The summed E-state index contributed by atoms with van der Waals surface area (Å²) in [4.78, 5) is 26.8. The molecule has 0 bridgehead atoms. The van der Waals surface area contributed by atoms with Gasteiger partial charge in [0.25, 0.3) is 5.91 Å². The lowest BCUT2D eigenvalue weighted by Gasteiger charge is -2.31. The molecule has 1 aromatic heterocycles. The molecule has 4 rings (SSSR count). The molecule has 2 fully saturated rings. The summed E-state index contributed by atoms with van der Waals surface area (Å²) in [5.41, 5.74) is 0.646. The lowest BCUT2D eigenvalue weighted by molar-refractivity contribution is 0.102. The summed E-state index contributed by atoms with van der Waals surface area (Å²) in [6, 6.07) is 6.82. The lowest BCUT2D eigenvalue weighted by atomic mass is 9.99. The number of hydrogen-bond acceptors (Lipinski definition) is 6. The maximum atomic E-state index is 12.5. The van der Waals surface area contributed by atoms with Gasteiger partial charge < -0.3 is 20.3 Å². The number of carbonyl (C=O) groups is 2. The molecule has 0 saturated carbocycles. The zero-order valence-corrected chi connectivity index (χ0v) is 18.0. The molecule has 2 saturated heterocycles. The maximum absolute atomic E-state index is 12.5. The number of carbonyl (C=O) groups excluding carboxylic acids is 2. The fraction of sp³-hybridized carbons (Fsp3) is 0.500. The Hall–Kier alpha value is -2.23. The van der Waals surface area contributed by atoms with Crippen LogP contribution < -0.4 is 10.6 Å². The molecule has 2 aliphatic heterocycles. The Morgan fingerprint density at radius 2 is 2.03 bits per heavy atom. The zero-order valence-electron chi connectivity index (χ0n) is 16.5. The molecule has 3 heterocycles. The van der Waals surface area contributed by atoms with Crippen molar-refractivity contribution < 1.29 is 14.3 Å². The average molecular weight is 450 g/mol. The molecule has 2 aromatic rings. The molecule has 160 valence electrons. The van der Waals surface area contributed by atoms with E-state index in [1.165, 1.54) is 11.3 Å². The van der Waals surface area contributed by atoms with E-state index in [0.717, 1.165) is 43.8 Å². The van der Waals surface area contributed by atoms with E-state index in [1.807, 2.05) is 4.90 Å². The number of piperidine rings is 1. The van der Waals surface area contributed by atoms with Crippen LogP contribution in [-0.4, -0.2) is 59.4 Å². The minimum Gasteiger partial charge on any atom is -0.376 e. The van der Waals surface area contributed by atoms with Crippen molar-refractivity contribution in [2.45, 2.75) is 37.7 Å². The first-order chi connectivity index (χ1) is 14.6. The maximum Gasteiger partial charge on any atom is 0.317 e. The number of nitrogens with zero attached hydrogens (tertiary/aromatic N) is 3. The molecule has 2 N–H and O–H groups in total. The first-order valence-corrected chi connectivity index (χ1v) is 11.3. The summed E-state index contributed by atoms with van der Waals surface area (Å²) in [5.74, 6) is -0.218. The summed E-state index contributed by atoms with van der Waals surface area (Å²) >= 11 is 7.15. The van der Waals surface area contributed by atoms with Gasteiger partial charge in [-0.05, 0) is 49.9 Å². The monoisotopic (exact) mass is 449 g/mol. The second kappa shape index (κ2) is 9.72. The molecule has 30 heavy (non-hydrogen) atoms. The molecule has 3 amide bonds. The number of nitrogens with one attached hydrogen (secondary N) is 2. The first-order valence-electron chi connectivity index (χ1n) is 10.1. The van der Waals surface area contributed by atoms with Gasteiger partial charge in [0.2, 0.25) is 5.01 Å². The van der Waals surface area contributed by atoms with E-state index in [0.29, 0.717) is 28.8 Å². The number of ether oxygens (including phenoxy) is 1. The highest BCUT2D eigenvalue weighted by atomic mass is 35.5. The van der Waals surface area contributed by atoms with Crippen molar-refractivity contribution in [1.29, 1.82) is 0 Å². The van der Waals surface area contributed by atoms with Crippen LogP contribution in [-0.2, 0) is 4.74 Å². The normalized spacial score (nSPS) is 21.4. The predicted octanol–water partition coefficient (Wildman–Crippen LogP) is 3.51. The third kappa shape index (κ3) is 5.27. The van der Waals surface area contributed by atoms with Crippen molar-refractivity contribution >= 4 is 40.6 Å². The van der Waals surface area contributed by atoms with Crippen LogP contribution in [0.3, 0.4) is 0 Å². The number of amides is 3. The molecule has 1 aromatic carbocycles.